The van der Waals surface area contributed by atoms with E-state index >= 15 is 0 Å². The topological polar surface area (TPSA) is 48.3 Å². The van der Waals surface area contributed by atoms with E-state index in [1.165, 1.54) is 22.0 Å². The van der Waals surface area contributed by atoms with Crippen molar-refractivity contribution in [1.82, 2.24) is 4.90 Å². The number of carbonyl (C=O) groups excluding carboxylic acids is 1. The second-order valence-electron chi connectivity index (χ2n) is 7.41. The molecule has 0 aromatic heterocycles. The number of carbonyl (C=O) groups is 1. The van der Waals surface area contributed by atoms with Gasteiger partial charge < -0.3 is 4.90 Å². The largest absolute Gasteiger partial charge is 0.368 e. The van der Waals surface area contributed by atoms with Crippen LogP contribution in [-0.4, -0.2) is 43.7 Å². The highest BCUT2D eigenvalue weighted by atomic mass is 35.5. The van der Waals surface area contributed by atoms with Crippen molar-refractivity contribution < 1.29 is 4.79 Å². The lowest BCUT2D eigenvalue weighted by molar-refractivity contribution is 0.256. The number of hydrogen-bond acceptors (Lipinski definition) is 3. The van der Waals surface area contributed by atoms with Crippen molar-refractivity contribution in [3.05, 3.63) is 76.9 Å². The Morgan fingerprint density at radius 1 is 0.828 bits per heavy atom. The molecule has 148 valence electrons. The van der Waals surface area contributed by atoms with Gasteiger partial charge in [0.1, 0.15) is 0 Å². The third kappa shape index (κ3) is 4.02. The summed E-state index contributed by atoms with van der Waals surface area (Å²) in [5, 5.41) is 4.04. The Bertz CT molecular complexity index is 1160. The fraction of sp³-hybridized carbons (Fsp3) is 0.261. The Balaban J connectivity index is 0.00000205. The van der Waals surface area contributed by atoms with Crippen molar-refractivity contribution >= 4 is 34.9 Å². The highest BCUT2D eigenvalue weighted by Gasteiger charge is 2.18. The van der Waals surface area contributed by atoms with Crippen LogP contribution in [0, 0.1) is 0 Å². The summed E-state index contributed by atoms with van der Waals surface area (Å²) in [7, 11) is 0. The average molecular weight is 407 g/mol. The van der Waals surface area contributed by atoms with Crippen LogP contribution >= 0.6 is 12.4 Å². The molecule has 0 N–H and O–H groups in total. The second-order valence-corrected chi connectivity index (χ2v) is 7.41. The molecule has 0 radical (unpaired) electrons. The molecular formula is C23H23ClN4O. The number of urea groups is 1. The minimum Gasteiger partial charge on any atom is -0.368 e. The van der Waals surface area contributed by atoms with Gasteiger partial charge in [0.25, 0.3) is 0 Å². The fourth-order valence-corrected chi connectivity index (χ4v) is 4.12. The first-order valence-corrected chi connectivity index (χ1v) is 9.82. The van der Waals surface area contributed by atoms with Crippen LogP contribution in [0.1, 0.15) is 5.56 Å². The van der Waals surface area contributed by atoms with Crippen molar-refractivity contribution in [2.45, 2.75) is 6.42 Å². The quantitative estimate of drug-likeness (QED) is 0.669. The van der Waals surface area contributed by atoms with Crippen LogP contribution in [0.5, 0.6) is 0 Å². The number of hydrogen-bond donors (Lipinski definition) is 0. The van der Waals surface area contributed by atoms with Crippen molar-refractivity contribution in [3.8, 4) is 0 Å². The number of rotatable bonds is 4. The van der Waals surface area contributed by atoms with Crippen LogP contribution in [0.2, 0.25) is 0 Å². The molecule has 3 aromatic carbocycles. The number of fused-ring (bicyclic) bond motifs is 2. The minimum absolute atomic E-state index is 0. The van der Waals surface area contributed by atoms with Crippen molar-refractivity contribution in [3.63, 3.8) is 0 Å². The fourth-order valence-electron chi connectivity index (χ4n) is 4.12. The standard InChI is InChI=1S/C23H22N4O.ClH/c28-23-24-20-9-8-17(16-21(20)25-23)10-11-26-12-14-27(15-13-26)22-7-3-5-18-4-1-2-6-19(18)22;/h1-9,16H,10-15H2;1H. The van der Waals surface area contributed by atoms with Gasteiger partial charge in [-0.05, 0) is 35.6 Å². The van der Waals surface area contributed by atoms with E-state index in [4.69, 9.17) is 0 Å². The van der Waals surface area contributed by atoms with Crippen molar-refractivity contribution in [2.24, 2.45) is 9.98 Å². The molecule has 3 aromatic rings. The zero-order valence-corrected chi connectivity index (χ0v) is 16.9. The van der Waals surface area contributed by atoms with E-state index in [9.17, 15) is 4.79 Å². The smallest absolute Gasteiger partial charge is 0.368 e. The second kappa shape index (κ2) is 8.31. The summed E-state index contributed by atoms with van der Waals surface area (Å²) in [4.78, 5) is 24.1. The van der Waals surface area contributed by atoms with Gasteiger partial charge in [0, 0.05) is 43.8 Å². The molecule has 0 unspecified atom stereocenters. The van der Waals surface area contributed by atoms with Gasteiger partial charge in [0.2, 0.25) is 0 Å². The molecule has 29 heavy (non-hydrogen) atoms. The molecule has 2 aliphatic heterocycles. The molecule has 0 spiro atoms. The Morgan fingerprint density at radius 3 is 2.45 bits per heavy atom. The maximum Gasteiger partial charge on any atom is 0.368 e. The summed E-state index contributed by atoms with van der Waals surface area (Å²) < 4.78 is 0. The van der Waals surface area contributed by atoms with Gasteiger partial charge in [-0.2, -0.15) is 9.98 Å². The van der Waals surface area contributed by atoms with Crippen molar-refractivity contribution in [2.75, 3.05) is 37.6 Å². The molecule has 0 saturated carbocycles. The lowest BCUT2D eigenvalue weighted by atomic mass is 10.1. The zero-order chi connectivity index (χ0) is 18.9. The van der Waals surface area contributed by atoms with Crippen LogP contribution < -0.4 is 15.6 Å². The third-order valence-electron chi connectivity index (χ3n) is 5.67. The molecule has 0 aliphatic carbocycles. The molecule has 6 heteroatoms. The number of benzene rings is 3. The maximum atomic E-state index is 11.3. The molecule has 5 nitrogen and oxygen atoms in total. The lowest BCUT2D eigenvalue weighted by Crippen LogP contribution is -2.47. The summed E-state index contributed by atoms with van der Waals surface area (Å²) in [6.45, 7) is 5.23. The van der Waals surface area contributed by atoms with Crippen molar-refractivity contribution in [1.29, 1.82) is 0 Å². The van der Waals surface area contributed by atoms with Crippen LogP contribution in [0.25, 0.3) is 10.8 Å². The average Bonchev–Trinajstić information content (AvgIpc) is 3.11. The minimum atomic E-state index is -0.392. The van der Waals surface area contributed by atoms with E-state index in [1.54, 1.807) is 0 Å². The van der Waals surface area contributed by atoms with Gasteiger partial charge >= 0.3 is 6.03 Å². The predicted octanol–water partition coefficient (Wildman–Crippen LogP) is 3.00. The van der Waals surface area contributed by atoms with E-state index in [1.807, 2.05) is 12.1 Å². The Kier molecular flexibility index (Phi) is 5.60. The third-order valence-corrected chi connectivity index (χ3v) is 5.67. The van der Waals surface area contributed by atoms with E-state index in [2.05, 4.69) is 68.3 Å². The summed E-state index contributed by atoms with van der Waals surface area (Å²) >= 11 is 0. The first-order chi connectivity index (χ1) is 13.8. The number of halogens is 1. The molecule has 0 bridgehead atoms. The normalized spacial score (nSPS) is 16.1. The van der Waals surface area contributed by atoms with Crippen LogP contribution in [0.3, 0.4) is 0 Å². The first-order valence-electron chi connectivity index (χ1n) is 9.82. The molecule has 0 atom stereocenters. The highest BCUT2D eigenvalue weighted by molar-refractivity contribution is 5.94. The SMILES string of the molecule is Cl.O=C1N=c2ccc(CCN3CCN(c4cccc5ccccc45)CC3)cc2=N1. The summed E-state index contributed by atoms with van der Waals surface area (Å²) in [5.41, 5.74) is 2.55. The van der Waals surface area contributed by atoms with Crippen LogP contribution in [-0.2, 0) is 6.42 Å². The molecule has 5 rings (SSSR count). The zero-order valence-electron chi connectivity index (χ0n) is 16.1. The van der Waals surface area contributed by atoms with E-state index in [0.29, 0.717) is 10.7 Å². The van der Waals surface area contributed by atoms with Gasteiger partial charge in [-0.3, -0.25) is 4.90 Å². The lowest BCUT2D eigenvalue weighted by Gasteiger charge is -2.36. The van der Waals surface area contributed by atoms with Crippen LogP contribution in [0.4, 0.5) is 10.5 Å². The van der Waals surface area contributed by atoms with Crippen LogP contribution in [0.15, 0.2) is 70.6 Å². The Hall–Kier alpha value is -2.76. The van der Waals surface area contributed by atoms with E-state index in [-0.39, 0.29) is 12.4 Å². The van der Waals surface area contributed by atoms with Gasteiger partial charge in [-0.25, -0.2) is 4.79 Å². The Morgan fingerprint density at radius 2 is 1.59 bits per heavy atom. The molecular weight excluding hydrogens is 384 g/mol. The van der Waals surface area contributed by atoms with E-state index < -0.39 is 6.03 Å². The predicted molar refractivity (Wildman–Crippen MR) is 118 cm³/mol. The summed E-state index contributed by atoms with van der Waals surface area (Å²) in [6.07, 6.45) is 0.964. The van der Waals surface area contributed by atoms with Gasteiger partial charge in [-0.1, -0.05) is 42.5 Å². The number of amides is 2. The summed E-state index contributed by atoms with van der Waals surface area (Å²) in [6, 6.07) is 20.7. The van der Waals surface area contributed by atoms with Gasteiger partial charge in [-0.15, -0.1) is 12.4 Å². The monoisotopic (exact) mass is 406 g/mol. The van der Waals surface area contributed by atoms with E-state index in [0.717, 1.165) is 39.1 Å². The maximum absolute atomic E-state index is 11.3. The molecule has 2 amide bonds. The van der Waals surface area contributed by atoms with Gasteiger partial charge in [0.15, 0.2) is 0 Å². The number of anilines is 1. The highest BCUT2D eigenvalue weighted by Crippen LogP contribution is 2.27. The number of piperazine rings is 1. The van der Waals surface area contributed by atoms with Gasteiger partial charge in [0.05, 0.1) is 10.7 Å². The molecule has 2 heterocycles. The molecule has 1 fully saturated rings. The summed E-state index contributed by atoms with van der Waals surface area (Å²) in [5.74, 6) is 0. The Labute approximate surface area is 175 Å². The number of nitrogens with zero attached hydrogens (tertiary/aromatic N) is 4. The molecule has 1 saturated heterocycles. The molecule has 2 aliphatic rings. The first kappa shape index (κ1) is 19.6.